The van der Waals surface area contributed by atoms with Crippen molar-refractivity contribution in [1.82, 2.24) is 0 Å². The van der Waals surface area contributed by atoms with Crippen molar-refractivity contribution < 1.29 is 4.42 Å². The lowest BCUT2D eigenvalue weighted by Crippen LogP contribution is -1.58. The smallest absolute Gasteiger partial charge is 0.134 e. The molecule has 1 heterocycles. The molecule has 1 radical (unpaired) electrons. The summed E-state index contributed by atoms with van der Waals surface area (Å²) in [4.78, 5) is 0. The highest BCUT2D eigenvalue weighted by Crippen LogP contribution is 2.12. The van der Waals surface area contributed by atoms with Gasteiger partial charge in [-0.15, -0.1) is 0 Å². The number of rotatable bonds is 0. The normalized spacial score (nSPS) is 10.2. The highest BCUT2D eigenvalue weighted by molar-refractivity contribution is 5.76. The summed E-state index contributed by atoms with van der Waals surface area (Å²) in [5.74, 6) is 0. The Morgan fingerprint density at radius 3 is 3.22 bits per heavy atom. The van der Waals surface area contributed by atoms with Gasteiger partial charge in [-0.05, 0) is 18.2 Å². The van der Waals surface area contributed by atoms with Crippen molar-refractivity contribution in [1.29, 1.82) is 0 Å². The number of hydrogen-bond acceptors (Lipinski definition) is 1. The summed E-state index contributed by atoms with van der Waals surface area (Å²) in [6.45, 7) is 0. The Balaban J connectivity index is 2.95. The summed E-state index contributed by atoms with van der Waals surface area (Å²) in [7, 11) is 0. The van der Waals surface area contributed by atoms with Crippen LogP contribution in [0.3, 0.4) is 0 Å². The van der Waals surface area contributed by atoms with Gasteiger partial charge in [0.25, 0.3) is 0 Å². The van der Waals surface area contributed by atoms with Crippen molar-refractivity contribution in [3.8, 4) is 0 Å². The molecule has 2 rings (SSSR count). The molecule has 0 saturated carbocycles. The molecular weight excluding hydrogens is 112 g/mol. The maximum atomic E-state index is 5.09. The first-order valence-corrected chi connectivity index (χ1v) is 2.80. The van der Waals surface area contributed by atoms with Crippen LogP contribution < -0.4 is 0 Å². The average Bonchev–Trinajstić information content (AvgIpc) is 2.33. The monoisotopic (exact) mass is 117 g/mol. The highest BCUT2D eigenvalue weighted by atomic mass is 16.3. The van der Waals surface area contributed by atoms with Gasteiger partial charge in [0.05, 0.1) is 6.26 Å². The predicted octanol–water partition coefficient (Wildman–Crippen LogP) is 2.23. The van der Waals surface area contributed by atoms with E-state index in [4.69, 9.17) is 4.42 Å². The fourth-order valence-corrected chi connectivity index (χ4v) is 0.848. The molecule has 0 fully saturated rings. The van der Waals surface area contributed by atoms with E-state index in [1.165, 1.54) is 0 Å². The van der Waals surface area contributed by atoms with E-state index in [9.17, 15) is 0 Å². The van der Waals surface area contributed by atoms with E-state index in [-0.39, 0.29) is 0 Å². The third-order valence-corrected chi connectivity index (χ3v) is 1.30. The van der Waals surface area contributed by atoms with E-state index in [0.717, 1.165) is 11.0 Å². The summed E-state index contributed by atoms with van der Waals surface area (Å²) in [5.41, 5.74) is 0.900. The molecule has 0 unspecified atom stereocenters. The molecule has 0 spiro atoms. The Morgan fingerprint density at radius 1 is 1.33 bits per heavy atom. The molecule has 1 aromatic carbocycles. The first-order chi connectivity index (χ1) is 4.47. The summed E-state index contributed by atoms with van der Waals surface area (Å²) in [6, 6.07) is 10.5. The van der Waals surface area contributed by atoms with Gasteiger partial charge < -0.3 is 4.42 Å². The number of fused-ring (bicyclic) bond motifs is 1. The molecule has 1 heteroatoms. The second kappa shape index (κ2) is 1.62. The average molecular weight is 117 g/mol. The van der Waals surface area contributed by atoms with Gasteiger partial charge in [-0.3, -0.25) is 0 Å². The van der Waals surface area contributed by atoms with Crippen molar-refractivity contribution >= 4 is 11.0 Å². The van der Waals surface area contributed by atoms with Crippen molar-refractivity contribution in [3.05, 3.63) is 36.6 Å². The van der Waals surface area contributed by atoms with Crippen LogP contribution in [0.1, 0.15) is 0 Å². The minimum atomic E-state index is 0.900. The van der Waals surface area contributed by atoms with Crippen LogP contribution in [0.25, 0.3) is 11.0 Å². The van der Waals surface area contributed by atoms with Crippen molar-refractivity contribution in [2.45, 2.75) is 0 Å². The lowest BCUT2D eigenvalue weighted by atomic mass is 10.3. The first-order valence-electron chi connectivity index (χ1n) is 2.80. The number of hydrogen-bond donors (Lipinski definition) is 0. The van der Waals surface area contributed by atoms with E-state index in [1.54, 1.807) is 6.26 Å². The number of benzene rings is 1. The van der Waals surface area contributed by atoms with E-state index in [2.05, 4.69) is 6.07 Å². The largest absolute Gasteiger partial charge is 0.464 e. The van der Waals surface area contributed by atoms with Crippen LogP contribution in [-0.2, 0) is 0 Å². The van der Waals surface area contributed by atoms with E-state index >= 15 is 0 Å². The maximum Gasteiger partial charge on any atom is 0.134 e. The fraction of sp³-hybridized carbons (Fsp3) is 0. The van der Waals surface area contributed by atoms with Gasteiger partial charge in [-0.2, -0.15) is 0 Å². The molecule has 0 saturated heterocycles. The first kappa shape index (κ1) is 4.62. The minimum Gasteiger partial charge on any atom is -0.464 e. The Bertz CT molecular complexity index is 279. The molecule has 0 N–H and O–H groups in total. The fourth-order valence-electron chi connectivity index (χ4n) is 0.848. The lowest BCUT2D eigenvalue weighted by molar-refractivity contribution is 0.616. The molecule has 2 aromatic rings. The van der Waals surface area contributed by atoms with Crippen LogP contribution in [-0.4, -0.2) is 0 Å². The summed E-state index contributed by atoms with van der Waals surface area (Å²) in [5, 5.41) is 1.13. The van der Waals surface area contributed by atoms with Crippen LogP contribution in [0.4, 0.5) is 0 Å². The minimum absolute atomic E-state index is 0.900. The zero-order valence-electron chi connectivity index (χ0n) is 4.79. The second-order valence-electron chi connectivity index (χ2n) is 1.88. The van der Waals surface area contributed by atoms with Crippen molar-refractivity contribution in [2.75, 3.05) is 0 Å². The zero-order chi connectivity index (χ0) is 6.10. The standard InChI is InChI=1S/C8H5O/c1-2-4-8-7(3-1)5-6-9-8/h1,3-6H. The Labute approximate surface area is 52.9 Å². The molecular formula is C8H5O. The molecule has 1 aromatic heterocycles. The van der Waals surface area contributed by atoms with Gasteiger partial charge in [0.15, 0.2) is 0 Å². The SMILES string of the molecule is [c]1ccc2ccoc2c1. The Morgan fingerprint density at radius 2 is 2.33 bits per heavy atom. The van der Waals surface area contributed by atoms with Crippen molar-refractivity contribution in [2.24, 2.45) is 0 Å². The molecule has 0 amide bonds. The molecule has 9 heavy (non-hydrogen) atoms. The third kappa shape index (κ3) is 0.617. The summed E-state index contributed by atoms with van der Waals surface area (Å²) < 4.78 is 5.09. The summed E-state index contributed by atoms with van der Waals surface area (Å²) >= 11 is 0. The third-order valence-electron chi connectivity index (χ3n) is 1.30. The van der Waals surface area contributed by atoms with E-state index < -0.39 is 0 Å². The van der Waals surface area contributed by atoms with Crippen LogP contribution in [0.5, 0.6) is 0 Å². The Kier molecular flexibility index (Phi) is 0.833. The van der Waals surface area contributed by atoms with Crippen molar-refractivity contribution in [3.63, 3.8) is 0 Å². The van der Waals surface area contributed by atoms with Gasteiger partial charge >= 0.3 is 0 Å². The van der Waals surface area contributed by atoms with Crippen LogP contribution in [0.2, 0.25) is 0 Å². The van der Waals surface area contributed by atoms with Gasteiger partial charge in [0, 0.05) is 5.39 Å². The summed E-state index contributed by atoms with van der Waals surface area (Å²) in [6.07, 6.45) is 1.68. The highest BCUT2D eigenvalue weighted by Gasteiger charge is 1.89. The molecule has 0 aliphatic heterocycles. The van der Waals surface area contributed by atoms with Gasteiger partial charge in [0.2, 0.25) is 0 Å². The zero-order valence-corrected chi connectivity index (χ0v) is 4.79. The van der Waals surface area contributed by atoms with Crippen LogP contribution >= 0.6 is 0 Å². The van der Waals surface area contributed by atoms with E-state index in [1.807, 2.05) is 24.3 Å². The van der Waals surface area contributed by atoms with Gasteiger partial charge in [0.1, 0.15) is 5.58 Å². The van der Waals surface area contributed by atoms with Gasteiger partial charge in [-0.1, -0.05) is 12.1 Å². The molecule has 0 bridgehead atoms. The molecule has 0 aliphatic carbocycles. The molecule has 0 atom stereocenters. The number of furan rings is 1. The van der Waals surface area contributed by atoms with Crippen LogP contribution in [0.15, 0.2) is 34.9 Å². The topological polar surface area (TPSA) is 13.1 Å². The van der Waals surface area contributed by atoms with Gasteiger partial charge in [-0.25, -0.2) is 0 Å². The van der Waals surface area contributed by atoms with Crippen LogP contribution in [0, 0.1) is 6.07 Å². The molecule has 1 nitrogen and oxygen atoms in total. The van der Waals surface area contributed by atoms with E-state index in [0.29, 0.717) is 0 Å². The lowest BCUT2D eigenvalue weighted by Gasteiger charge is -1.80. The predicted molar refractivity (Wildman–Crippen MR) is 35.1 cm³/mol. The Hall–Kier alpha value is -1.24. The maximum absolute atomic E-state index is 5.09. The quantitative estimate of drug-likeness (QED) is 0.515. The molecule has 43 valence electrons. The molecule has 0 aliphatic rings. The second-order valence-corrected chi connectivity index (χ2v) is 1.88.